The molecule has 1 aliphatic rings. The van der Waals surface area contributed by atoms with Gasteiger partial charge in [-0.1, -0.05) is 6.92 Å². The topological polar surface area (TPSA) is 60.2 Å². The van der Waals surface area contributed by atoms with Crippen molar-refractivity contribution in [2.24, 2.45) is 5.92 Å². The van der Waals surface area contributed by atoms with E-state index in [1.165, 1.54) is 0 Å². The Morgan fingerprint density at radius 1 is 1.59 bits per heavy atom. The van der Waals surface area contributed by atoms with E-state index >= 15 is 0 Å². The summed E-state index contributed by atoms with van der Waals surface area (Å²) in [4.78, 5) is 4.27. The highest BCUT2D eigenvalue weighted by Gasteiger charge is 2.26. The van der Waals surface area contributed by atoms with Gasteiger partial charge in [0.05, 0.1) is 11.8 Å². The molecule has 3 N–H and O–H groups in total. The molecule has 2 atom stereocenters. The second kappa shape index (κ2) is 5.36. The van der Waals surface area contributed by atoms with E-state index in [0.29, 0.717) is 12.0 Å². The molecule has 1 saturated heterocycles. The first-order chi connectivity index (χ1) is 8.22. The van der Waals surface area contributed by atoms with Crippen LogP contribution < -0.4 is 11.1 Å². The first-order valence-corrected chi connectivity index (χ1v) is 6.29. The Hall–Kier alpha value is -1.29. The standard InChI is InChI=1S/C13H21N3O/c1-3-11-10(5-7-17-11)8-16-13-12(14)9(2)4-6-15-13/h4,6,10-11H,3,5,7-8,14H2,1-2H3,(H,15,16). The molecule has 94 valence electrons. The maximum absolute atomic E-state index is 5.98. The van der Waals surface area contributed by atoms with Crippen LogP contribution in [0.4, 0.5) is 11.5 Å². The van der Waals surface area contributed by atoms with Crippen LogP contribution in [0.25, 0.3) is 0 Å². The number of anilines is 2. The Morgan fingerprint density at radius 2 is 2.41 bits per heavy atom. The number of aromatic nitrogens is 1. The average molecular weight is 235 g/mol. The maximum Gasteiger partial charge on any atom is 0.149 e. The lowest BCUT2D eigenvalue weighted by Gasteiger charge is -2.18. The fourth-order valence-electron chi connectivity index (χ4n) is 2.32. The minimum atomic E-state index is 0.383. The highest BCUT2D eigenvalue weighted by molar-refractivity contribution is 5.64. The van der Waals surface area contributed by atoms with Gasteiger partial charge in [0.2, 0.25) is 0 Å². The lowest BCUT2D eigenvalue weighted by atomic mass is 10.00. The van der Waals surface area contributed by atoms with Crippen LogP contribution in [0.2, 0.25) is 0 Å². The van der Waals surface area contributed by atoms with E-state index in [1.807, 2.05) is 13.0 Å². The van der Waals surface area contributed by atoms with Gasteiger partial charge in [-0.15, -0.1) is 0 Å². The molecule has 1 aromatic rings. The lowest BCUT2D eigenvalue weighted by molar-refractivity contribution is 0.0900. The maximum atomic E-state index is 5.98. The van der Waals surface area contributed by atoms with Crippen LogP contribution in [0.5, 0.6) is 0 Å². The molecule has 2 rings (SSSR count). The van der Waals surface area contributed by atoms with Crippen LogP contribution in [0.3, 0.4) is 0 Å². The zero-order chi connectivity index (χ0) is 12.3. The molecule has 1 aliphatic heterocycles. The Morgan fingerprint density at radius 3 is 3.18 bits per heavy atom. The Kier molecular flexibility index (Phi) is 3.84. The third kappa shape index (κ3) is 2.69. The molecule has 4 heteroatoms. The predicted molar refractivity (Wildman–Crippen MR) is 70.0 cm³/mol. The summed E-state index contributed by atoms with van der Waals surface area (Å²) in [5, 5.41) is 3.34. The van der Waals surface area contributed by atoms with Gasteiger partial charge < -0.3 is 15.8 Å². The SMILES string of the molecule is CCC1OCCC1CNc1nccc(C)c1N. The molecule has 1 aromatic heterocycles. The quantitative estimate of drug-likeness (QED) is 0.840. The van der Waals surface area contributed by atoms with E-state index in [9.17, 15) is 0 Å². The number of hydrogen-bond donors (Lipinski definition) is 2. The van der Waals surface area contributed by atoms with Gasteiger partial charge in [-0.2, -0.15) is 0 Å². The van der Waals surface area contributed by atoms with E-state index in [-0.39, 0.29) is 0 Å². The van der Waals surface area contributed by atoms with Gasteiger partial charge in [-0.3, -0.25) is 0 Å². The summed E-state index contributed by atoms with van der Waals surface area (Å²) in [5.41, 5.74) is 7.79. The second-order valence-electron chi connectivity index (χ2n) is 4.64. The molecule has 0 saturated carbocycles. The van der Waals surface area contributed by atoms with E-state index in [0.717, 1.165) is 43.1 Å². The summed E-state index contributed by atoms with van der Waals surface area (Å²) < 4.78 is 5.67. The number of nitrogens with zero attached hydrogens (tertiary/aromatic N) is 1. The summed E-state index contributed by atoms with van der Waals surface area (Å²) in [6.45, 7) is 5.93. The third-order valence-electron chi connectivity index (χ3n) is 3.49. The number of rotatable bonds is 4. The molecule has 1 fully saturated rings. The van der Waals surface area contributed by atoms with Gasteiger partial charge in [-0.25, -0.2) is 4.98 Å². The highest BCUT2D eigenvalue weighted by Crippen LogP contribution is 2.25. The summed E-state index contributed by atoms with van der Waals surface area (Å²) in [6, 6.07) is 1.92. The molecular weight excluding hydrogens is 214 g/mol. The smallest absolute Gasteiger partial charge is 0.149 e. The minimum absolute atomic E-state index is 0.383. The molecule has 2 unspecified atom stereocenters. The largest absolute Gasteiger partial charge is 0.396 e. The van der Waals surface area contributed by atoms with Crippen molar-refractivity contribution < 1.29 is 4.74 Å². The Bertz CT molecular complexity index is 381. The van der Waals surface area contributed by atoms with E-state index in [4.69, 9.17) is 10.5 Å². The number of ether oxygens (including phenoxy) is 1. The van der Waals surface area contributed by atoms with Gasteiger partial charge in [0, 0.05) is 25.3 Å². The third-order valence-corrected chi connectivity index (χ3v) is 3.49. The van der Waals surface area contributed by atoms with Gasteiger partial charge in [0.15, 0.2) is 0 Å². The summed E-state index contributed by atoms with van der Waals surface area (Å²) in [6.07, 6.45) is 4.37. The Labute approximate surface area is 103 Å². The molecule has 2 heterocycles. The fourth-order valence-corrected chi connectivity index (χ4v) is 2.32. The fraction of sp³-hybridized carbons (Fsp3) is 0.615. The molecule has 0 radical (unpaired) electrons. The van der Waals surface area contributed by atoms with E-state index in [2.05, 4.69) is 17.2 Å². The predicted octanol–water partition coefficient (Wildman–Crippen LogP) is 2.20. The molecule has 0 bridgehead atoms. The number of hydrogen-bond acceptors (Lipinski definition) is 4. The number of nitrogen functional groups attached to an aromatic ring is 1. The van der Waals surface area contributed by atoms with Gasteiger partial charge in [0.1, 0.15) is 5.82 Å². The van der Waals surface area contributed by atoms with Crippen molar-refractivity contribution in [3.8, 4) is 0 Å². The molecule has 0 amide bonds. The lowest BCUT2D eigenvalue weighted by Crippen LogP contribution is -2.23. The number of nitrogens with one attached hydrogen (secondary N) is 1. The molecule has 17 heavy (non-hydrogen) atoms. The Balaban J connectivity index is 1.95. The van der Waals surface area contributed by atoms with Gasteiger partial charge in [0.25, 0.3) is 0 Å². The van der Waals surface area contributed by atoms with Crippen LogP contribution in [0.15, 0.2) is 12.3 Å². The number of aryl methyl sites for hydroxylation is 1. The summed E-state index contributed by atoms with van der Waals surface area (Å²) in [7, 11) is 0. The van der Waals surface area contributed by atoms with Crippen LogP contribution in [0, 0.1) is 12.8 Å². The average Bonchev–Trinajstić information content (AvgIpc) is 2.78. The van der Waals surface area contributed by atoms with Crippen molar-refractivity contribution in [3.63, 3.8) is 0 Å². The number of nitrogens with two attached hydrogens (primary N) is 1. The first kappa shape index (κ1) is 12.2. The number of pyridine rings is 1. The zero-order valence-electron chi connectivity index (χ0n) is 10.6. The minimum Gasteiger partial charge on any atom is -0.396 e. The molecule has 0 aliphatic carbocycles. The van der Waals surface area contributed by atoms with Crippen molar-refractivity contribution in [3.05, 3.63) is 17.8 Å². The summed E-state index contributed by atoms with van der Waals surface area (Å²) in [5.74, 6) is 1.37. The van der Waals surface area contributed by atoms with Crippen LogP contribution in [-0.2, 0) is 4.74 Å². The molecule has 4 nitrogen and oxygen atoms in total. The van der Waals surface area contributed by atoms with E-state index in [1.54, 1.807) is 6.20 Å². The van der Waals surface area contributed by atoms with Crippen molar-refractivity contribution in [1.82, 2.24) is 4.98 Å². The summed E-state index contributed by atoms with van der Waals surface area (Å²) >= 11 is 0. The van der Waals surface area contributed by atoms with Crippen molar-refractivity contribution >= 4 is 11.5 Å². The van der Waals surface area contributed by atoms with Crippen LogP contribution in [0.1, 0.15) is 25.3 Å². The first-order valence-electron chi connectivity index (χ1n) is 6.29. The molecule has 0 spiro atoms. The molecular formula is C13H21N3O. The monoisotopic (exact) mass is 235 g/mol. The van der Waals surface area contributed by atoms with Gasteiger partial charge >= 0.3 is 0 Å². The molecule has 0 aromatic carbocycles. The normalized spacial score (nSPS) is 23.9. The highest BCUT2D eigenvalue weighted by atomic mass is 16.5. The van der Waals surface area contributed by atoms with Crippen molar-refractivity contribution in [2.75, 3.05) is 24.2 Å². The van der Waals surface area contributed by atoms with Crippen molar-refractivity contribution in [2.45, 2.75) is 32.8 Å². The van der Waals surface area contributed by atoms with Crippen molar-refractivity contribution in [1.29, 1.82) is 0 Å². The van der Waals surface area contributed by atoms with Crippen LogP contribution in [-0.4, -0.2) is 24.2 Å². The second-order valence-corrected chi connectivity index (χ2v) is 4.64. The van der Waals surface area contributed by atoms with E-state index < -0.39 is 0 Å². The van der Waals surface area contributed by atoms with Gasteiger partial charge in [-0.05, 0) is 31.4 Å². The van der Waals surface area contributed by atoms with Crippen LogP contribution >= 0.6 is 0 Å². The zero-order valence-corrected chi connectivity index (χ0v) is 10.6.